The van der Waals surface area contributed by atoms with Crippen molar-refractivity contribution in [3.63, 3.8) is 0 Å². The lowest BCUT2D eigenvalue weighted by Crippen LogP contribution is -2.28. The van der Waals surface area contributed by atoms with Crippen LogP contribution < -0.4 is 4.90 Å². The van der Waals surface area contributed by atoms with Crippen LogP contribution in [0.5, 0.6) is 0 Å². The molecule has 1 fully saturated rings. The number of nitrogens with zero attached hydrogens (tertiary/aromatic N) is 3. The molecule has 1 atom stereocenters. The molecule has 98 valence electrons. The highest BCUT2D eigenvalue weighted by atomic mass is 16.5. The molecular weight excluding hydrogens is 238 g/mol. The van der Waals surface area contributed by atoms with Gasteiger partial charge in [0.15, 0.2) is 0 Å². The standard InChI is InChI=1S/C11H15N3O4/c1-13-10(8(4-12-13)11(17)18-2)14-5-7(6-15)3-9(14)16/h4,7,15H,3,5-6H2,1-2H3. The van der Waals surface area contributed by atoms with Crippen molar-refractivity contribution < 1.29 is 19.4 Å². The molecule has 2 heterocycles. The third-order valence-corrected chi connectivity index (χ3v) is 3.03. The van der Waals surface area contributed by atoms with Crippen LogP contribution in [0.25, 0.3) is 0 Å². The number of aryl methyl sites for hydroxylation is 1. The van der Waals surface area contributed by atoms with Crippen LogP contribution in [0, 0.1) is 5.92 Å². The minimum Gasteiger partial charge on any atom is -0.465 e. The average molecular weight is 253 g/mol. The molecule has 7 nitrogen and oxygen atoms in total. The second-order valence-corrected chi connectivity index (χ2v) is 4.25. The van der Waals surface area contributed by atoms with E-state index in [1.807, 2.05) is 0 Å². The zero-order valence-corrected chi connectivity index (χ0v) is 10.3. The van der Waals surface area contributed by atoms with Crippen LogP contribution in [0.3, 0.4) is 0 Å². The minimum atomic E-state index is -0.529. The summed E-state index contributed by atoms with van der Waals surface area (Å²) < 4.78 is 6.12. The van der Waals surface area contributed by atoms with E-state index in [1.165, 1.54) is 22.9 Å². The lowest BCUT2D eigenvalue weighted by molar-refractivity contribution is -0.117. The zero-order valence-electron chi connectivity index (χ0n) is 10.3. The fourth-order valence-corrected chi connectivity index (χ4v) is 2.11. The van der Waals surface area contributed by atoms with Crippen LogP contribution in [0.1, 0.15) is 16.8 Å². The number of carbonyl (C=O) groups excluding carboxylic acids is 2. The van der Waals surface area contributed by atoms with Gasteiger partial charge < -0.3 is 9.84 Å². The number of aliphatic hydroxyl groups is 1. The number of amides is 1. The van der Waals surface area contributed by atoms with Gasteiger partial charge in [-0.2, -0.15) is 5.10 Å². The van der Waals surface area contributed by atoms with Gasteiger partial charge in [0.05, 0.1) is 13.3 Å². The highest BCUT2D eigenvalue weighted by Crippen LogP contribution is 2.27. The highest BCUT2D eigenvalue weighted by Gasteiger charge is 2.34. The van der Waals surface area contributed by atoms with Crippen LogP contribution in [0.4, 0.5) is 5.82 Å². The molecule has 0 bridgehead atoms. The molecule has 2 rings (SSSR count). The Kier molecular flexibility index (Phi) is 3.33. The van der Waals surface area contributed by atoms with E-state index in [0.717, 1.165) is 0 Å². The lowest BCUT2D eigenvalue weighted by atomic mass is 10.1. The molecule has 1 aliphatic rings. The number of hydrogen-bond acceptors (Lipinski definition) is 5. The zero-order chi connectivity index (χ0) is 13.3. The van der Waals surface area contributed by atoms with Crippen LogP contribution in [0.2, 0.25) is 0 Å². The van der Waals surface area contributed by atoms with E-state index in [0.29, 0.717) is 12.4 Å². The van der Waals surface area contributed by atoms with Gasteiger partial charge in [0.2, 0.25) is 5.91 Å². The van der Waals surface area contributed by atoms with E-state index in [-0.39, 0.29) is 30.4 Å². The third kappa shape index (κ3) is 1.97. The Morgan fingerprint density at radius 1 is 1.67 bits per heavy atom. The Labute approximate surface area is 104 Å². The van der Waals surface area contributed by atoms with Gasteiger partial charge in [-0.05, 0) is 0 Å². The molecule has 18 heavy (non-hydrogen) atoms. The Morgan fingerprint density at radius 2 is 2.39 bits per heavy atom. The number of anilines is 1. The summed E-state index contributed by atoms with van der Waals surface area (Å²) in [5.74, 6) is -0.332. The summed E-state index contributed by atoms with van der Waals surface area (Å²) in [4.78, 5) is 25.0. The van der Waals surface area contributed by atoms with Gasteiger partial charge >= 0.3 is 5.97 Å². The Morgan fingerprint density at radius 3 is 2.94 bits per heavy atom. The summed E-state index contributed by atoms with van der Waals surface area (Å²) in [5.41, 5.74) is 0.256. The number of methoxy groups -OCH3 is 1. The first-order chi connectivity index (χ1) is 8.58. The molecule has 0 aromatic carbocycles. The first-order valence-electron chi connectivity index (χ1n) is 5.60. The smallest absolute Gasteiger partial charge is 0.343 e. The van der Waals surface area contributed by atoms with E-state index in [1.54, 1.807) is 7.05 Å². The number of aliphatic hydroxyl groups excluding tert-OH is 1. The highest BCUT2D eigenvalue weighted by molar-refractivity contribution is 6.02. The molecule has 1 N–H and O–H groups in total. The molecule has 0 spiro atoms. The van der Waals surface area contributed by atoms with Crippen molar-refractivity contribution in [1.82, 2.24) is 9.78 Å². The molecule has 1 aliphatic heterocycles. The van der Waals surface area contributed by atoms with Crippen molar-refractivity contribution in [2.24, 2.45) is 13.0 Å². The van der Waals surface area contributed by atoms with E-state index in [9.17, 15) is 9.59 Å². The van der Waals surface area contributed by atoms with Crippen molar-refractivity contribution in [2.45, 2.75) is 6.42 Å². The summed E-state index contributed by atoms with van der Waals surface area (Å²) in [6.45, 7) is 0.340. The monoisotopic (exact) mass is 253 g/mol. The largest absolute Gasteiger partial charge is 0.465 e. The summed E-state index contributed by atoms with van der Waals surface area (Å²) in [6, 6.07) is 0. The maximum absolute atomic E-state index is 11.9. The van der Waals surface area contributed by atoms with Crippen molar-refractivity contribution in [2.75, 3.05) is 25.2 Å². The molecule has 0 aliphatic carbocycles. The third-order valence-electron chi connectivity index (χ3n) is 3.03. The van der Waals surface area contributed by atoms with Crippen LogP contribution in [-0.2, 0) is 16.6 Å². The SMILES string of the molecule is COC(=O)c1cnn(C)c1N1CC(CO)CC1=O. The summed E-state index contributed by atoms with van der Waals surface area (Å²) in [7, 11) is 2.93. The van der Waals surface area contributed by atoms with Crippen molar-refractivity contribution in [3.8, 4) is 0 Å². The van der Waals surface area contributed by atoms with Crippen molar-refractivity contribution in [3.05, 3.63) is 11.8 Å². The molecule has 1 saturated heterocycles. The van der Waals surface area contributed by atoms with Crippen LogP contribution >= 0.6 is 0 Å². The van der Waals surface area contributed by atoms with Crippen LogP contribution in [-0.4, -0.2) is 47.0 Å². The molecule has 0 radical (unpaired) electrons. The lowest BCUT2D eigenvalue weighted by Gasteiger charge is -2.17. The Balaban J connectivity index is 2.36. The Bertz CT molecular complexity index is 483. The van der Waals surface area contributed by atoms with Gasteiger partial charge in [-0.15, -0.1) is 0 Å². The number of hydrogen-bond donors (Lipinski definition) is 1. The molecule has 1 unspecified atom stereocenters. The maximum Gasteiger partial charge on any atom is 0.343 e. The molecule has 1 aromatic rings. The van der Waals surface area contributed by atoms with E-state index < -0.39 is 5.97 Å². The van der Waals surface area contributed by atoms with Gasteiger partial charge in [-0.1, -0.05) is 0 Å². The van der Waals surface area contributed by atoms with Gasteiger partial charge in [-0.25, -0.2) is 4.79 Å². The topological polar surface area (TPSA) is 84.7 Å². The first kappa shape index (κ1) is 12.6. The molecular formula is C11H15N3O4. The minimum absolute atomic E-state index is 0.0480. The average Bonchev–Trinajstić information content (AvgIpc) is 2.91. The van der Waals surface area contributed by atoms with Gasteiger partial charge in [0, 0.05) is 32.5 Å². The summed E-state index contributed by atoms with van der Waals surface area (Å²) in [6.07, 6.45) is 1.66. The quantitative estimate of drug-likeness (QED) is 0.738. The second kappa shape index (κ2) is 4.77. The molecule has 1 aromatic heterocycles. The van der Waals surface area contributed by atoms with Crippen molar-refractivity contribution >= 4 is 17.7 Å². The number of esters is 1. The molecule has 1 amide bonds. The van der Waals surface area contributed by atoms with Gasteiger partial charge in [0.25, 0.3) is 0 Å². The number of carbonyl (C=O) groups is 2. The van der Waals surface area contributed by atoms with Gasteiger partial charge in [0.1, 0.15) is 11.4 Å². The number of aromatic nitrogens is 2. The number of ether oxygens (including phenoxy) is 1. The fraction of sp³-hybridized carbons (Fsp3) is 0.545. The van der Waals surface area contributed by atoms with E-state index in [4.69, 9.17) is 5.11 Å². The fourth-order valence-electron chi connectivity index (χ4n) is 2.11. The normalized spacial score (nSPS) is 19.4. The molecule has 0 saturated carbocycles. The number of rotatable bonds is 3. The Hall–Kier alpha value is -1.89. The van der Waals surface area contributed by atoms with Crippen molar-refractivity contribution in [1.29, 1.82) is 0 Å². The van der Waals surface area contributed by atoms with E-state index in [2.05, 4.69) is 9.84 Å². The predicted molar refractivity (Wildman–Crippen MR) is 62.1 cm³/mol. The predicted octanol–water partition coefficient (Wildman–Crippen LogP) is -0.448. The second-order valence-electron chi connectivity index (χ2n) is 4.25. The first-order valence-corrected chi connectivity index (χ1v) is 5.60. The van der Waals surface area contributed by atoms with Gasteiger partial charge in [-0.3, -0.25) is 14.4 Å². The van der Waals surface area contributed by atoms with Crippen LogP contribution in [0.15, 0.2) is 6.20 Å². The molecule has 7 heteroatoms. The summed E-state index contributed by atoms with van der Waals surface area (Å²) >= 11 is 0. The maximum atomic E-state index is 11.9. The summed E-state index contributed by atoms with van der Waals surface area (Å²) in [5, 5.41) is 13.1. The van der Waals surface area contributed by atoms with E-state index >= 15 is 0 Å².